The van der Waals surface area contributed by atoms with Crippen LogP contribution in [0.1, 0.15) is 18.9 Å². The Morgan fingerprint density at radius 3 is 2.68 bits per heavy atom. The molecule has 0 aliphatic rings. The van der Waals surface area contributed by atoms with Crippen LogP contribution in [0.25, 0.3) is 0 Å². The maximum absolute atomic E-state index is 6.11. The molecule has 1 heterocycles. The van der Waals surface area contributed by atoms with Crippen molar-refractivity contribution < 1.29 is 0 Å². The minimum Gasteiger partial charge on any atom is -0.370 e. The van der Waals surface area contributed by atoms with Gasteiger partial charge in [-0.1, -0.05) is 30.7 Å². The van der Waals surface area contributed by atoms with E-state index < -0.39 is 0 Å². The largest absolute Gasteiger partial charge is 0.370 e. The minimum atomic E-state index is 0.755. The summed E-state index contributed by atoms with van der Waals surface area (Å²) in [7, 11) is 0. The van der Waals surface area contributed by atoms with E-state index in [1.165, 1.54) is 0 Å². The summed E-state index contributed by atoms with van der Waals surface area (Å²) in [5.41, 5.74) is 2.01. The molecule has 3 nitrogen and oxygen atoms in total. The smallest absolute Gasteiger partial charge is 0.132 e. The molecule has 0 saturated heterocycles. The van der Waals surface area contributed by atoms with Crippen LogP contribution in [0.15, 0.2) is 36.4 Å². The van der Waals surface area contributed by atoms with Crippen LogP contribution in [0.2, 0.25) is 5.02 Å². The summed E-state index contributed by atoms with van der Waals surface area (Å²) >= 11 is 6.11. The van der Waals surface area contributed by atoms with Crippen molar-refractivity contribution in [2.45, 2.75) is 20.3 Å². The molecule has 0 fully saturated rings. The Morgan fingerprint density at radius 2 is 1.95 bits per heavy atom. The van der Waals surface area contributed by atoms with Gasteiger partial charge < -0.3 is 10.6 Å². The zero-order chi connectivity index (χ0) is 13.7. The summed E-state index contributed by atoms with van der Waals surface area (Å²) in [4.78, 5) is 4.49. The molecule has 0 atom stereocenters. The van der Waals surface area contributed by atoms with Gasteiger partial charge in [0.1, 0.15) is 11.6 Å². The number of rotatable bonds is 5. The van der Waals surface area contributed by atoms with Crippen LogP contribution >= 0.6 is 11.6 Å². The SMILES string of the molecule is CCCNc1cccc(Nc2ccc(C)c(Cl)c2)n1. The van der Waals surface area contributed by atoms with Gasteiger partial charge in [0.05, 0.1) is 0 Å². The molecule has 1 aromatic heterocycles. The molecule has 0 aliphatic heterocycles. The molecule has 0 saturated carbocycles. The summed E-state index contributed by atoms with van der Waals surface area (Å²) < 4.78 is 0. The number of aryl methyl sites for hydroxylation is 1. The van der Waals surface area contributed by atoms with Crippen molar-refractivity contribution in [3.8, 4) is 0 Å². The van der Waals surface area contributed by atoms with Crippen molar-refractivity contribution in [2.75, 3.05) is 17.2 Å². The van der Waals surface area contributed by atoms with Crippen molar-refractivity contribution in [3.63, 3.8) is 0 Å². The summed E-state index contributed by atoms with van der Waals surface area (Å²) in [6.07, 6.45) is 1.08. The molecule has 0 spiro atoms. The first-order chi connectivity index (χ1) is 9.19. The highest BCUT2D eigenvalue weighted by Crippen LogP contribution is 2.22. The Labute approximate surface area is 119 Å². The fraction of sp³-hybridized carbons (Fsp3) is 0.267. The van der Waals surface area contributed by atoms with Crippen LogP contribution in [0.5, 0.6) is 0 Å². The maximum Gasteiger partial charge on any atom is 0.132 e. The number of pyridine rings is 1. The Morgan fingerprint density at radius 1 is 1.16 bits per heavy atom. The molecule has 0 bridgehead atoms. The topological polar surface area (TPSA) is 37.0 Å². The molecule has 4 heteroatoms. The molecular weight excluding hydrogens is 258 g/mol. The van der Waals surface area contributed by atoms with Gasteiger partial charge in [-0.25, -0.2) is 4.98 Å². The second-order valence-electron chi connectivity index (χ2n) is 4.42. The van der Waals surface area contributed by atoms with Gasteiger partial charge in [-0.05, 0) is 43.2 Å². The molecule has 0 aliphatic carbocycles. The standard InChI is InChI=1S/C15H18ClN3/c1-3-9-17-14-5-4-6-15(19-14)18-12-8-7-11(2)13(16)10-12/h4-8,10H,3,9H2,1-2H3,(H2,17,18,19). The predicted molar refractivity (Wildman–Crippen MR) is 82.5 cm³/mol. The van der Waals surface area contributed by atoms with Crippen molar-refractivity contribution in [2.24, 2.45) is 0 Å². The van der Waals surface area contributed by atoms with Crippen LogP contribution in [-0.4, -0.2) is 11.5 Å². The number of anilines is 3. The zero-order valence-corrected chi connectivity index (χ0v) is 12.0. The quantitative estimate of drug-likeness (QED) is 0.837. The highest BCUT2D eigenvalue weighted by molar-refractivity contribution is 6.31. The molecule has 2 rings (SSSR count). The lowest BCUT2D eigenvalue weighted by molar-refractivity contribution is 0.970. The number of hydrogen-bond donors (Lipinski definition) is 2. The van der Waals surface area contributed by atoms with Gasteiger partial charge in [0, 0.05) is 17.3 Å². The predicted octanol–water partition coefficient (Wildman–Crippen LogP) is 4.61. The van der Waals surface area contributed by atoms with Crippen LogP contribution in [0.4, 0.5) is 17.3 Å². The van der Waals surface area contributed by atoms with Crippen molar-refractivity contribution >= 4 is 28.9 Å². The second-order valence-corrected chi connectivity index (χ2v) is 4.83. The Balaban J connectivity index is 2.11. The molecule has 2 N–H and O–H groups in total. The Hall–Kier alpha value is -1.74. The first-order valence-electron chi connectivity index (χ1n) is 6.43. The first kappa shape index (κ1) is 13.7. The highest BCUT2D eigenvalue weighted by atomic mass is 35.5. The van der Waals surface area contributed by atoms with E-state index >= 15 is 0 Å². The average Bonchev–Trinajstić information content (AvgIpc) is 2.41. The fourth-order valence-electron chi connectivity index (χ4n) is 1.67. The van der Waals surface area contributed by atoms with Gasteiger partial charge in [0.25, 0.3) is 0 Å². The molecule has 0 amide bonds. The minimum absolute atomic E-state index is 0.755. The first-order valence-corrected chi connectivity index (χ1v) is 6.81. The number of benzene rings is 1. The normalized spacial score (nSPS) is 10.3. The van der Waals surface area contributed by atoms with Crippen LogP contribution in [0.3, 0.4) is 0 Å². The van der Waals surface area contributed by atoms with E-state index in [0.29, 0.717) is 0 Å². The van der Waals surface area contributed by atoms with Crippen molar-refractivity contribution in [1.82, 2.24) is 4.98 Å². The molecule has 19 heavy (non-hydrogen) atoms. The van der Waals surface area contributed by atoms with E-state index in [-0.39, 0.29) is 0 Å². The third-order valence-corrected chi connectivity index (χ3v) is 3.16. The van der Waals surface area contributed by atoms with E-state index in [0.717, 1.165) is 40.9 Å². The molecular formula is C15H18ClN3. The number of aromatic nitrogens is 1. The number of nitrogens with zero attached hydrogens (tertiary/aromatic N) is 1. The third kappa shape index (κ3) is 3.86. The van der Waals surface area contributed by atoms with E-state index in [1.807, 2.05) is 43.3 Å². The lowest BCUT2D eigenvalue weighted by atomic mass is 10.2. The molecule has 1 aromatic carbocycles. The van der Waals surface area contributed by atoms with Crippen LogP contribution in [-0.2, 0) is 0 Å². The summed E-state index contributed by atoms with van der Waals surface area (Å²) in [6, 6.07) is 11.8. The van der Waals surface area contributed by atoms with E-state index in [9.17, 15) is 0 Å². The molecule has 0 radical (unpaired) electrons. The molecule has 2 aromatic rings. The van der Waals surface area contributed by atoms with Gasteiger partial charge in [-0.2, -0.15) is 0 Å². The second kappa shape index (κ2) is 6.43. The van der Waals surface area contributed by atoms with Gasteiger partial charge in [0.15, 0.2) is 0 Å². The van der Waals surface area contributed by atoms with Crippen LogP contribution < -0.4 is 10.6 Å². The molecule has 0 unspecified atom stereocenters. The maximum atomic E-state index is 6.11. The summed E-state index contributed by atoms with van der Waals surface area (Å²) in [6.45, 7) is 5.04. The van der Waals surface area contributed by atoms with Gasteiger partial charge in [-0.15, -0.1) is 0 Å². The summed E-state index contributed by atoms with van der Waals surface area (Å²) in [5.74, 6) is 1.69. The summed E-state index contributed by atoms with van der Waals surface area (Å²) in [5, 5.41) is 7.27. The molecule has 100 valence electrons. The van der Waals surface area contributed by atoms with E-state index in [4.69, 9.17) is 11.6 Å². The lowest BCUT2D eigenvalue weighted by Crippen LogP contribution is -2.03. The monoisotopic (exact) mass is 275 g/mol. The number of hydrogen-bond acceptors (Lipinski definition) is 3. The number of nitrogens with one attached hydrogen (secondary N) is 2. The van der Waals surface area contributed by atoms with Gasteiger partial charge in [0.2, 0.25) is 0 Å². The third-order valence-electron chi connectivity index (χ3n) is 2.75. The van der Waals surface area contributed by atoms with Crippen molar-refractivity contribution in [1.29, 1.82) is 0 Å². The van der Waals surface area contributed by atoms with Gasteiger partial charge >= 0.3 is 0 Å². The zero-order valence-electron chi connectivity index (χ0n) is 11.2. The van der Waals surface area contributed by atoms with E-state index in [1.54, 1.807) is 0 Å². The van der Waals surface area contributed by atoms with Gasteiger partial charge in [-0.3, -0.25) is 0 Å². The van der Waals surface area contributed by atoms with Crippen molar-refractivity contribution in [3.05, 3.63) is 47.0 Å². The van der Waals surface area contributed by atoms with E-state index in [2.05, 4.69) is 22.5 Å². The fourth-order valence-corrected chi connectivity index (χ4v) is 1.85. The highest BCUT2D eigenvalue weighted by Gasteiger charge is 2.00. The Kier molecular flexibility index (Phi) is 4.63. The van der Waals surface area contributed by atoms with Crippen LogP contribution in [0, 0.1) is 6.92 Å². The number of halogens is 1. The average molecular weight is 276 g/mol. The Bertz CT molecular complexity index is 555. The lowest BCUT2D eigenvalue weighted by Gasteiger charge is -2.09.